The molecule has 1 rings (SSSR count). The number of imidazole rings is 1. The van der Waals surface area contributed by atoms with Gasteiger partial charge in [-0.2, -0.15) is 0 Å². The Bertz CT molecular complexity index is 404. The van der Waals surface area contributed by atoms with Gasteiger partial charge in [0.15, 0.2) is 0 Å². The SMILES string of the molecule is CCCCOC(=O)[C@H](Cc1c[nH]cn1)NC(=O)CCC. The molecule has 1 aromatic rings. The molecule has 0 aliphatic heterocycles. The molecule has 0 spiro atoms. The van der Waals surface area contributed by atoms with Gasteiger partial charge in [0.05, 0.1) is 18.6 Å². The van der Waals surface area contributed by atoms with E-state index in [1.807, 2.05) is 13.8 Å². The van der Waals surface area contributed by atoms with Crippen molar-refractivity contribution in [2.75, 3.05) is 6.61 Å². The maximum atomic E-state index is 12.0. The molecule has 0 aliphatic rings. The first-order valence-corrected chi connectivity index (χ1v) is 7.11. The number of carbonyl (C=O) groups is 2. The zero-order valence-electron chi connectivity index (χ0n) is 12.1. The first-order valence-electron chi connectivity index (χ1n) is 7.11. The molecule has 0 saturated carbocycles. The van der Waals surface area contributed by atoms with Gasteiger partial charge in [-0.1, -0.05) is 20.3 Å². The number of hydrogen-bond donors (Lipinski definition) is 2. The molecule has 0 saturated heterocycles. The summed E-state index contributed by atoms with van der Waals surface area (Å²) < 4.78 is 5.18. The molecule has 0 aromatic carbocycles. The van der Waals surface area contributed by atoms with Crippen molar-refractivity contribution < 1.29 is 14.3 Å². The smallest absolute Gasteiger partial charge is 0.329 e. The molecule has 0 radical (unpaired) electrons. The van der Waals surface area contributed by atoms with Crippen LogP contribution >= 0.6 is 0 Å². The zero-order valence-corrected chi connectivity index (χ0v) is 12.1. The van der Waals surface area contributed by atoms with Crippen molar-refractivity contribution in [3.63, 3.8) is 0 Å². The Kier molecular flexibility index (Phi) is 7.39. The fourth-order valence-electron chi connectivity index (χ4n) is 1.72. The average Bonchev–Trinajstić information content (AvgIpc) is 2.91. The molecule has 0 fully saturated rings. The number of rotatable bonds is 9. The Hall–Kier alpha value is -1.85. The van der Waals surface area contributed by atoms with E-state index >= 15 is 0 Å². The number of nitrogens with one attached hydrogen (secondary N) is 2. The van der Waals surface area contributed by atoms with Crippen molar-refractivity contribution in [3.05, 3.63) is 18.2 Å². The highest BCUT2D eigenvalue weighted by atomic mass is 16.5. The predicted octanol–water partition coefficient (Wildman–Crippen LogP) is 1.58. The van der Waals surface area contributed by atoms with Gasteiger partial charge in [0.25, 0.3) is 0 Å². The second-order valence-electron chi connectivity index (χ2n) is 4.66. The minimum atomic E-state index is -0.672. The van der Waals surface area contributed by atoms with E-state index in [0.717, 1.165) is 25.0 Å². The molecule has 6 nitrogen and oxygen atoms in total. The number of amides is 1. The Labute approximate surface area is 119 Å². The van der Waals surface area contributed by atoms with E-state index in [1.54, 1.807) is 12.5 Å². The maximum absolute atomic E-state index is 12.0. The molecule has 1 amide bonds. The lowest BCUT2D eigenvalue weighted by atomic mass is 10.1. The lowest BCUT2D eigenvalue weighted by molar-refractivity contribution is -0.148. The fraction of sp³-hybridized carbons (Fsp3) is 0.643. The summed E-state index contributed by atoms with van der Waals surface area (Å²) in [6, 6.07) is -0.672. The molecule has 1 aromatic heterocycles. The van der Waals surface area contributed by atoms with Crippen LogP contribution in [0.1, 0.15) is 45.2 Å². The summed E-state index contributed by atoms with van der Waals surface area (Å²) in [6.45, 7) is 4.33. The van der Waals surface area contributed by atoms with Crippen molar-refractivity contribution in [2.24, 2.45) is 0 Å². The van der Waals surface area contributed by atoms with Crippen LogP contribution in [0.4, 0.5) is 0 Å². The number of aromatic nitrogens is 2. The van der Waals surface area contributed by atoms with E-state index in [-0.39, 0.29) is 5.91 Å². The standard InChI is InChI=1S/C14H23N3O3/c1-3-5-7-20-14(19)12(17-13(18)6-4-2)8-11-9-15-10-16-11/h9-10,12H,3-8H2,1-2H3,(H,15,16)(H,17,18)/t12-/m0/s1. The number of H-pyrrole nitrogens is 1. The topological polar surface area (TPSA) is 84.1 Å². The van der Waals surface area contributed by atoms with Crippen molar-refractivity contribution in [1.29, 1.82) is 0 Å². The van der Waals surface area contributed by atoms with E-state index in [0.29, 0.717) is 19.4 Å². The Balaban J connectivity index is 2.57. The number of nitrogens with zero attached hydrogens (tertiary/aromatic N) is 1. The highest BCUT2D eigenvalue weighted by Crippen LogP contribution is 2.03. The van der Waals surface area contributed by atoms with Crippen LogP contribution in [0, 0.1) is 0 Å². The van der Waals surface area contributed by atoms with E-state index in [1.165, 1.54) is 0 Å². The van der Waals surface area contributed by atoms with Crippen molar-refractivity contribution in [2.45, 2.75) is 52.0 Å². The summed E-state index contributed by atoms with van der Waals surface area (Å²) >= 11 is 0. The molecule has 0 unspecified atom stereocenters. The van der Waals surface area contributed by atoms with Gasteiger partial charge in [-0.25, -0.2) is 9.78 Å². The second-order valence-corrected chi connectivity index (χ2v) is 4.66. The van der Waals surface area contributed by atoms with Crippen molar-refractivity contribution >= 4 is 11.9 Å². The molecule has 0 bridgehead atoms. The molecule has 1 heterocycles. The van der Waals surface area contributed by atoms with Crippen LogP contribution in [0.2, 0.25) is 0 Å². The maximum Gasteiger partial charge on any atom is 0.329 e. The number of hydrogen-bond acceptors (Lipinski definition) is 4. The van der Waals surface area contributed by atoms with Gasteiger partial charge in [0, 0.05) is 19.0 Å². The minimum absolute atomic E-state index is 0.138. The van der Waals surface area contributed by atoms with E-state index in [9.17, 15) is 9.59 Å². The highest BCUT2D eigenvalue weighted by molar-refractivity contribution is 5.84. The van der Waals surface area contributed by atoms with E-state index in [4.69, 9.17) is 4.74 Å². The number of ether oxygens (including phenoxy) is 1. The Morgan fingerprint density at radius 3 is 2.80 bits per heavy atom. The normalized spacial score (nSPS) is 11.9. The van der Waals surface area contributed by atoms with E-state index in [2.05, 4.69) is 15.3 Å². The number of aromatic amines is 1. The minimum Gasteiger partial charge on any atom is -0.464 e. The van der Waals surface area contributed by atoms with Gasteiger partial charge in [-0.15, -0.1) is 0 Å². The fourth-order valence-corrected chi connectivity index (χ4v) is 1.72. The third kappa shape index (κ3) is 5.86. The summed E-state index contributed by atoms with van der Waals surface area (Å²) in [5.74, 6) is -0.536. The monoisotopic (exact) mass is 281 g/mol. The first kappa shape index (κ1) is 16.2. The zero-order chi connectivity index (χ0) is 14.8. The third-order valence-electron chi connectivity index (χ3n) is 2.81. The van der Waals surface area contributed by atoms with Crippen LogP contribution in [0.25, 0.3) is 0 Å². The molecule has 1 atom stereocenters. The molecule has 6 heteroatoms. The predicted molar refractivity (Wildman–Crippen MR) is 75.0 cm³/mol. The number of esters is 1. The van der Waals surface area contributed by atoms with E-state index < -0.39 is 12.0 Å². The summed E-state index contributed by atoms with van der Waals surface area (Å²) in [7, 11) is 0. The molecule has 0 aliphatic carbocycles. The quantitative estimate of drug-likeness (QED) is 0.531. The summed E-state index contributed by atoms with van der Waals surface area (Å²) in [6.07, 6.45) is 6.51. The van der Waals surface area contributed by atoms with Crippen LogP contribution in [-0.2, 0) is 20.7 Å². The van der Waals surface area contributed by atoms with Crippen LogP contribution < -0.4 is 5.32 Å². The Morgan fingerprint density at radius 1 is 1.40 bits per heavy atom. The molecular weight excluding hydrogens is 258 g/mol. The lowest BCUT2D eigenvalue weighted by Gasteiger charge is -2.16. The lowest BCUT2D eigenvalue weighted by Crippen LogP contribution is -2.43. The highest BCUT2D eigenvalue weighted by Gasteiger charge is 2.23. The number of carbonyl (C=O) groups excluding carboxylic acids is 2. The van der Waals surface area contributed by atoms with Crippen LogP contribution in [-0.4, -0.2) is 34.5 Å². The summed E-state index contributed by atoms with van der Waals surface area (Å²) in [5.41, 5.74) is 0.722. The largest absolute Gasteiger partial charge is 0.464 e. The van der Waals surface area contributed by atoms with Gasteiger partial charge in [-0.05, 0) is 12.8 Å². The van der Waals surface area contributed by atoms with Crippen LogP contribution in [0.15, 0.2) is 12.5 Å². The Morgan fingerprint density at radius 2 is 2.20 bits per heavy atom. The van der Waals surface area contributed by atoms with Crippen LogP contribution in [0.5, 0.6) is 0 Å². The average molecular weight is 281 g/mol. The third-order valence-corrected chi connectivity index (χ3v) is 2.81. The second kappa shape index (κ2) is 9.12. The van der Waals surface area contributed by atoms with Crippen molar-refractivity contribution in [3.8, 4) is 0 Å². The summed E-state index contributed by atoms with van der Waals surface area (Å²) in [5, 5.41) is 2.72. The van der Waals surface area contributed by atoms with Gasteiger partial charge < -0.3 is 15.0 Å². The van der Waals surface area contributed by atoms with Gasteiger partial charge in [0.2, 0.25) is 5.91 Å². The van der Waals surface area contributed by atoms with Crippen LogP contribution in [0.3, 0.4) is 0 Å². The van der Waals surface area contributed by atoms with Gasteiger partial charge in [0.1, 0.15) is 6.04 Å². The molecule has 20 heavy (non-hydrogen) atoms. The molecular formula is C14H23N3O3. The first-order chi connectivity index (χ1) is 9.67. The molecule has 112 valence electrons. The summed E-state index contributed by atoms with van der Waals surface area (Å²) in [4.78, 5) is 30.6. The molecule has 2 N–H and O–H groups in total. The van der Waals surface area contributed by atoms with Gasteiger partial charge >= 0.3 is 5.97 Å². The number of unbranched alkanes of at least 4 members (excludes halogenated alkanes) is 1. The van der Waals surface area contributed by atoms with Crippen molar-refractivity contribution in [1.82, 2.24) is 15.3 Å². The van der Waals surface area contributed by atoms with Gasteiger partial charge in [-0.3, -0.25) is 4.79 Å².